The van der Waals surface area contributed by atoms with Gasteiger partial charge in [-0.15, -0.1) is 0 Å². The zero-order valence-electron chi connectivity index (χ0n) is 11.3. The van der Waals surface area contributed by atoms with E-state index >= 15 is 0 Å². The first-order valence-electron chi connectivity index (χ1n) is 7.17. The third-order valence-corrected chi connectivity index (χ3v) is 4.58. The summed E-state index contributed by atoms with van der Waals surface area (Å²) >= 11 is 0. The highest BCUT2D eigenvalue weighted by Crippen LogP contribution is 2.54. The quantitative estimate of drug-likeness (QED) is 0.694. The molecule has 0 saturated heterocycles. The average molecular weight is 241 g/mol. The van der Waals surface area contributed by atoms with Crippen molar-refractivity contribution >= 4 is 0 Å². The molecule has 1 N–H and O–H groups in total. The molecule has 0 aromatic heterocycles. The second-order valence-corrected chi connectivity index (χ2v) is 5.49. The van der Waals surface area contributed by atoms with Crippen LogP contribution in [0.5, 0.6) is 0 Å². The minimum Gasteiger partial charge on any atom is -0.385 e. The summed E-state index contributed by atoms with van der Waals surface area (Å²) in [5.74, 6) is 0. The van der Waals surface area contributed by atoms with Crippen molar-refractivity contribution < 1.29 is 9.47 Å². The molecule has 100 valence electrons. The van der Waals surface area contributed by atoms with Gasteiger partial charge in [0, 0.05) is 31.8 Å². The Morgan fingerprint density at radius 2 is 2.00 bits per heavy atom. The van der Waals surface area contributed by atoms with Crippen LogP contribution in [-0.2, 0) is 9.47 Å². The number of hydrogen-bond acceptors (Lipinski definition) is 3. The highest BCUT2D eigenvalue weighted by Gasteiger charge is 2.56. The zero-order valence-corrected chi connectivity index (χ0v) is 11.3. The fourth-order valence-electron chi connectivity index (χ4n) is 3.65. The van der Waals surface area contributed by atoms with Crippen molar-refractivity contribution in [3.05, 3.63) is 0 Å². The third-order valence-electron chi connectivity index (χ3n) is 4.58. The molecule has 2 aliphatic rings. The molecule has 2 rings (SSSR count). The van der Waals surface area contributed by atoms with Crippen molar-refractivity contribution in [1.29, 1.82) is 0 Å². The Balaban J connectivity index is 1.79. The van der Waals surface area contributed by atoms with E-state index < -0.39 is 0 Å². The van der Waals surface area contributed by atoms with Crippen molar-refractivity contribution in [2.24, 2.45) is 5.41 Å². The topological polar surface area (TPSA) is 30.5 Å². The van der Waals surface area contributed by atoms with Crippen LogP contribution in [-0.4, -0.2) is 39.0 Å². The van der Waals surface area contributed by atoms with Crippen molar-refractivity contribution in [3.8, 4) is 0 Å². The monoisotopic (exact) mass is 241 g/mol. The Labute approximate surface area is 105 Å². The van der Waals surface area contributed by atoms with Gasteiger partial charge in [-0.2, -0.15) is 0 Å². The van der Waals surface area contributed by atoms with Crippen LogP contribution in [0.1, 0.15) is 45.4 Å². The predicted molar refractivity (Wildman–Crippen MR) is 69.2 cm³/mol. The number of nitrogens with one attached hydrogen (secondary N) is 1. The SMILES string of the molecule is CCNC1CC(OCCCOC)C12CCCC2. The lowest BCUT2D eigenvalue weighted by molar-refractivity contribution is -0.134. The van der Waals surface area contributed by atoms with Crippen molar-refractivity contribution in [2.75, 3.05) is 26.9 Å². The van der Waals surface area contributed by atoms with E-state index in [0.29, 0.717) is 17.6 Å². The highest BCUT2D eigenvalue weighted by atomic mass is 16.5. The lowest BCUT2D eigenvalue weighted by atomic mass is 9.60. The van der Waals surface area contributed by atoms with Gasteiger partial charge in [-0.3, -0.25) is 0 Å². The molecule has 0 bridgehead atoms. The summed E-state index contributed by atoms with van der Waals surface area (Å²) in [4.78, 5) is 0. The van der Waals surface area contributed by atoms with E-state index in [1.807, 2.05) is 0 Å². The number of ether oxygens (including phenoxy) is 2. The van der Waals surface area contributed by atoms with Crippen molar-refractivity contribution in [3.63, 3.8) is 0 Å². The molecule has 17 heavy (non-hydrogen) atoms. The molecule has 0 aromatic carbocycles. The second-order valence-electron chi connectivity index (χ2n) is 5.49. The normalized spacial score (nSPS) is 30.7. The molecular weight excluding hydrogens is 214 g/mol. The van der Waals surface area contributed by atoms with Gasteiger partial charge < -0.3 is 14.8 Å². The van der Waals surface area contributed by atoms with Crippen LogP contribution in [0, 0.1) is 5.41 Å². The Morgan fingerprint density at radius 1 is 1.24 bits per heavy atom. The summed E-state index contributed by atoms with van der Waals surface area (Å²) in [5.41, 5.74) is 0.475. The van der Waals surface area contributed by atoms with Crippen molar-refractivity contribution in [2.45, 2.75) is 57.6 Å². The maximum absolute atomic E-state index is 6.07. The molecule has 0 heterocycles. The van der Waals surface area contributed by atoms with Gasteiger partial charge in [-0.1, -0.05) is 19.8 Å². The predicted octanol–water partition coefficient (Wildman–Crippen LogP) is 2.35. The van der Waals surface area contributed by atoms with Crippen LogP contribution in [0.4, 0.5) is 0 Å². The van der Waals surface area contributed by atoms with E-state index in [4.69, 9.17) is 9.47 Å². The molecule has 0 amide bonds. The largest absolute Gasteiger partial charge is 0.385 e. The van der Waals surface area contributed by atoms with Gasteiger partial charge in [-0.25, -0.2) is 0 Å². The minimum atomic E-state index is 0.475. The van der Waals surface area contributed by atoms with Gasteiger partial charge in [0.25, 0.3) is 0 Å². The van der Waals surface area contributed by atoms with Gasteiger partial charge >= 0.3 is 0 Å². The van der Waals surface area contributed by atoms with E-state index in [0.717, 1.165) is 26.2 Å². The number of rotatable bonds is 7. The Morgan fingerprint density at radius 3 is 2.65 bits per heavy atom. The van der Waals surface area contributed by atoms with Crippen molar-refractivity contribution in [1.82, 2.24) is 5.32 Å². The van der Waals surface area contributed by atoms with Crippen LogP contribution in [0.25, 0.3) is 0 Å². The van der Waals surface area contributed by atoms with Gasteiger partial charge in [0.1, 0.15) is 0 Å². The highest BCUT2D eigenvalue weighted by molar-refractivity contribution is 5.09. The van der Waals surface area contributed by atoms with E-state index in [9.17, 15) is 0 Å². The first-order valence-corrected chi connectivity index (χ1v) is 7.17. The Bertz CT molecular complexity index is 226. The molecule has 2 fully saturated rings. The molecular formula is C14H27NO2. The maximum Gasteiger partial charge on any atom is 0.0661 e. The van der Waals surface area contributed by atoms with Gasteiger partial charge in [-0.05, 0) is 32.2 Å². The molecule has 2 atom stereocenters. The summed E-state index contributed by atoms with van der Waals surface area (Å²) < 4.78 is 11.1. The molecule has 2 saturated carbocycles. The smallest absolute Gasteiger partial charge is 0.0661 e. The summed E-state index contributed by atoms with van der Waals surface area (Å²) in [6.07, 6.45) is 8.24. The number of methoxy groups -OCH3 is 1. The second kappa shape index (κ2) is 6.17. The molecule has 1 spiro atoms. The molecule has 0 radical (unpaired) electrons. The molecule has 2 aliphatic carbocycles. The molecule has 3 heteroatoms. The summed E-state index contributed by atoms with van der Waals surface area (Å²) in [6, 6.07) is 0.711. The van der Waals surface area contributed by atoms with E-state index in [-0.39, 0.29) is 0 Å². The van der Waals surface area contributed by atoms with Crippen LogP contribution in [0.15, 0.2) is 0 Å². The summed E-state index contributed by atoms with van der Waals surface area (Å²) in [7, 11) is 1.75. The fraction of sp³-hybridized carbons (Fsp3) is 1.00. The van der Waals surface area contributed by atoms with Crippen LogP contribution < -0.4 is 5.32 Å². The number of hydrogen-bond donors (Lipinski definition) is 1. The molecule has 2 unspecified atom stereocenters. The van der Waals surface area contributed by atoms with Crippen LogP contribution in [0.2, 0.25) is 0 Å². The molecule has 0 aliphatic heterocycles. The van der Waals surface area contributed by atoms with Gasteiger partial charge in [0.05, 0.1) is 6.10 Å². The fourth-order valence-corrected chi connectivity index (χ4v) is 3.65. The molecule has 0 aromatic rings. The Hall–Kier alpha value is -0.120. The van der Waals surface area contributed by atoms with Gasteiger partial charge in [0.2, 0.25) is 0 Å². The Kier molecular flexibility index (Phi) is 4.83. The van der Waals surface area contributed by atoms with E-state index in [2.05, 4.69) is 12.2 Å². The van der Waals surface area contributed by atoms with Crippen LogP contribution >= 0.6 is 0 Å². The van der Waals surface area contributed by atoms with Gasteiger partial charge in [0.15, 0.2) is 0 Å². The first kappa shape index (κ1) is 13.3. The lowest BCUT2D eigenvalue weighted by Gasteiger charge is -2.54. The lowest BCUT2D eigenvalue weighted by Crippen LogP contribution is -2.62. The maximum atomic E-state index is 6.07. The standard InChI is InChI=1S/C14H27NO2/c1-3-15-12-11-13(17-10-6-9-16-2)14(12)7-4-5-8-14/h12-13,15H,3-11H2,1-2H3. The summed E-state index contributed by atoms with van der Waals surface area (Å²) in [5, 5.41) is 3.64. The van der Waals surface area contributed by atoms with E-state index in [1.54, 1.807) is 7.11 Å². The third kappa shape index (κ3) is 2.67. The molecule has 3 nitrogen and oxygen atoms in total. The average Bonchev–Trinajstić information content (AvgIpc) is 2.84. The van der Waals surface area contributed by atoms with E-state index in [1.165, 1.54) is 32.1 Å². The first-order chi connectivity index (χ1) is 8.33. The zero-order chi connectivity index (χ0) is 12.1. The van der Waals surface area contributed by atoms with Crippen LogP contribution in [0.3, 0.4) is 0 Å². The summed E-state index contributed by atoms with van der Waals surface area (Å²) in [6.45, 7) is 4.97. The minimum absolute atomic E-state index is 0.475.